The summed E-state index contributed by atoms with van der Waals surface area (Å²) in [4.78, 5) is 16.9. The van der Waals surface area contributed by atoms with E-state index in [1.165, 1.54) is 5.56 Å². The molecule has 0 saturated carbocycles. The van der Waals surface area contributed by atoms with E-state index in [4.69, 9.17) is 4.74 Å². The van der Waals surface area contributed by atoms with Crippen LogP contribution in [0.4, 0.5) is 0 Å². The largest absolute Gasteiger partial charge is 0.378 e. The topological polar surface area (TPSA) is 37.7 Å². The average molecular weight is 406 g/mol. The highest BCUT2D eigenvalue weighted by atomic mass is 79.9. The summed E-state index contributed by atoms with van der Waals surface area (Å²) in [5, 5.41) is 0. The van der Waals surface area contributed by atoms with Gasteiger partial charge in [0.1, 0.15) is 5.69 Å². The number of benzene rings is 1. The fourth-order valence-corrected chi connectivity index (χ4v) is 3.59. The maximum absolute atomic E-state index is 12.8. The van der Waals surface area contributed by atoms with Gasteiger partial charge in [0.15, 0.2) is 0 Å². The Bertz CT molecular complexity index is 734. The number of carbonyl (C=O) groups excluding carboxylic acids is 1. The van der Waals surface area contributed by atoms with Crippen molar-refractivity contribution in [3.8, 4) is 0 Å². The summed E-state index contributed by atoms with van der Waals surface area (Å²) in [5.41, 5.74) is 3.02. The van der Waals surface area contributed by atoms with E-state index in [0.717, 1.165) is 15.9 Å². The van der Waals surface area contributed by atoms with Gasteiger partial charge < -0.3 is 14.2 Å². The van der Waals surface area contributed by atoms with Crippen molar-refractivity contribution >= 4 is 21.8 Å². The van der Waals surface area contributed by atoms with E-state index in [2.05, 4.69) is 65.3 Å². The number of rotatable bonds is 4. The molecule has 6 heteroatoms. The summed E-state index contributed by atoms with van der Waals surface area (Å²) in [6, 6.07) is 12.4. The van der Waals surface area contributed by atoms with Gasteiger partial charge >= 0.3 is 0 Å². The van der Waals surface area contributed by atoms with E-state index in [1.54, 1.807) is 0 Å². The third-order valence-corrected chi connectivity index (χ3v) is 5.19. The smallest absolute Gasteiger partial charge is 0.270 e. The summed E-state index contributed by atoms with van der Waals surface area (Å²) in [6.07, 6.45) is 0. The Labute approximate surface area is 157 Å². The van der Waals surface area contributed by atoms with Crippen molar-refractivity contribution in [3.05, 3.63) is 57.8 Å². The van der Waals surface area contributed by atoms with Crippen LogP contribution >= 0.6 is 15.9 Å². The van der Waals surface area contributed by atoms with Crippen LogP contribution in [0.25, 0.3) is 0 Å². The maximum Gasteiger partial charge on any atom is 0.270 e. The fourth-order valence-electron chi connectivity index (χ4n) is 3.32. The Hall–Kier alpha value is -1.63. The highest BCUT2D eigenvalue weighted by molar-refractivity contribution is 9.10. The lowest BCUT2D eigenvalue weighted by Gasteiger charge is -2.28. The minimum absolute atomic E-state index is 0.0744. The van der Waals surface area contributed by atoms with Crippen molar-refractivity contribution in [2.24, 2.45) is 7.05 Å². The van der Waals surface area contributed by atoms with Crippen LogP contribution in [0.2, 0.25) is 0 Å². The summed E-state index contributed by atoms with van der Waals surface area (Å²) < 4.78 is 8.42. The highest BCUT2D eigenvalue weighted by Crippen LogP contribution is 2.29. The first-order chi connectivity index (χ1) is 12.0. The number of amides is 1. The summed E-state index contributed by atoms with van der Waals surface area (Å²) >= 11 is 3.49. The van der Waals surface area contributed by atoms with E-state index in [-0.39, 0.29) is 11.9 Å². The molecule has 1 fully saturated rings. The summed E-state index contributed by atoms with van der Waals surface area (Å²) in [5.74, 6) is 0.0744. The number of hydrogen-bond acceptors (Lipinski definition) is 3. The fraction of sp³-hybridized carbons (Fsp3) is 0.421. The lowest BCUT2D eigenvalue weighted by Crippen LogP contribution is -2.41. The molecule has 0 spiro atoms. The first-order valence-corrected chi connectivity index (χ1v) is 9.23. The van der Waals surface area contributed by atoms with Gasteiger partial charge in [0.2, 0.25) is 0 Å². The Kier molecular flexibility index (Phi) is 5.61. The predicted molar refractivity (Wildman–Crippen MR) is 102 cm³/mol. The predicted octanol–water partition coefficient (Wildman–Crippen LogP) is 2.91. The quantitative estimate of drug-likeness (QED) is 0.784. The number of morpholine rings is 1. The molecule has 134 valence electrons. The standard InChI is InChI=1S/C19H24BrN3O2/c1-21(2)18(14-4-6-15(20)7-5-14)16-8-9-17(22(16)3)19(24)23-10-12-25-13-11-23/h4-9,18H,10-13H2,1-3H3. The van der Waals surface area contributed by atoms with Crippen LogP contribution in [-0.4, -0.2) is 60.7 Å². The van der Waals surface area contributed by atoms with Crippen molar-refractivity contribution in [2.45, 2.75) is 6.04 Å². The second-order valence-electron chi connectivity index (χ2n) is 6.52. The third kappa shape index (κ3) is 3.81. The SMILES string of the molecule is CN(C)C(c1ccc(Br)cc1)c1ccc(C(=O)N2CCOCC2)n1C. The molecule has 1 aromatic heterocycles. The van der Waals surface area contributed by atoms with Crippen LogP contribution in [0.1, 0.15) is 27.8 Å². The first kappa shape index (κ1) is 18.2. The summed E-state index contributed by atoms with van der Waals surface area (Å²) in [6.45, 7) is 2.54. The molecular weight excluding hydrogens is 382 g/mol. The van der Waals surface area contributed by atoms with Crippen molar-refractivity contribution < 1.29 is 9.53 Å². The highest BCUT2D eigenvalue weighted by Gasteiger charge is 2.25. The Morgan fingerprint density at radius 3 is 2.36 bits per heavy atom. The van der Waals surface area contributed by atoms with E-state index >= 15 is 0 Å². The first-order valence-electron chi connectivity index (χ1n) is 8.43. The Morgan fingerprint density at radius 1 is 1.12 bits per heavy atom. The van der Waals surface area contributed by atoms with Gasteiger partial charge in [-0.2, -0.15) is 0 Å². The normalized spacial score (nSPS) is 16.3. The van der Waals surface area contributed by atoms with E-state index in [9.17, 15) is 4.79 Å². The molecule has 1 saturated heterocycles. The van der Waals surface area contributed by atoms with Gasteiger partial charge in [-0.25, -0.2) is 0 Å². The zero-order valence-corrected chi connectivity index (χ0v) is 16.5. The van der Waals surface area contributed by atoms with Crippen LogP contribution in [0.15, 0.2) is 40.9 Å². The molecule has 5 nitrogen and oxygen atoms in total. The van der Waals surface area contributed by atoms with E-state index in [1.807, 2.05) is 22.6 Å². The molecule has 0 radical (unpaired) electrons. The van der Waals surface area contributed by atoms with Crippen LogP contribution in [-0.2, 0) is 11.8 Å². The summed E-state index contributed by atoms with van der Waals surface area (Å²) in [7, 11) is 6.09. The van der Waals surface area contributed by atoms with Gasteiger partial charge in [-0.15, -0.1) is 0 Å². The monoisotopic (exact) mass is 405 g/mol. The molecule has 25 heavy (non-hydrogen) atoms. The van der Waals surface area contributed by atoms with Crippen LogP contribution in [0.3, 0.4) is 0 Å². The molecule has 2 aromatic rings. The second kappa shape index (κ2) is 7.72. The zero-order chi connectivity index (χ0) is 18.0. The molecule has 1 unspecified atom stereocenters. The van der Waals surface area contributed by atoms with E-state index < -0.39 is 0 Å². The molecule has 2 heterocycles. The lowest BCUT2D eigenvalue weighted by molar-refractivity contribution is 0.0296. The number of carbonyl (C=O) groups is 1. The minimum Gasteiger partial charge on any atom is -0.378 e. The van der Waals surface area contributed by atoms with E-state index in [0.29, 0.717) is 26.3 Å². The number of aromatic nitrogens is 1. The van der Waals surface area contributed by atoms with Gasteiger partial charge in [-0.05, 0) is 43.9 Å². The molecule has 1 aliphatic rings. The van der Waals surface area contributed by atoms with Crippen LogP contribution in [0, 0.1) is 0 Å². The van der Waals surface area contributed by atoms with Gasteiger partial charge in [0.25, 0.3) is 5.91 Å². The lowest BCUT2D eigenvalue weighted by atomic mass is 10.0. The van der Waals surface area contributed by atoms with Crippen molar-refractivity contribution in [2.75, 3.05) is 40.4 Å². The molecule has 0 aliphatic carbocycles. The third-order valence-electron chi connectivity index (χ3n) is 4.66. The maximum atomic E-state index is 12.8. The average Bonchev–Trinajstić information content (AvgIpc) is 2.98. The number of hydrogen-bond donors (Lipinski definition) is 0. The second-order valence-corrected chi connectivity index (χ2v) is 7.44. The number of ether oxygens (including phenoxy) is 1. The van der Waals surface area contributed by atoms with Crippen LogP contribution < -0.4 is 0 Å². The van der Waals surface area contributed by atoms with Crippen LogP contribution in [0.5, 0.6) is 0 Å². The molecule has 1 aromatic carbocycles. The molecule has 0 bridgehead atoms. The van der Waals surface area contributed by atoms with Crippen molar-refractivity contribution in [3.63, 3.8) is 0 Å². The minimum atomic E-state index is 0.0744. The Morgan fingerprint density at radius 2 is 1.76 bits per heavy atom. The molecule has 3 rings (SSSR count). The van der Waals surface area contributed by atoms with Crippen molar-refractivity contribution in [1.29, 1.82) is 0 Å². The molecule has 0 N–H and O–H groups in total. The molecule has 1 aliphatic heterocycles. The Balaban J connectivity index is 1.92. The van der Waals surface area contributed by atoms with Gasteiger partial charge in [0.05, 0.1) is 19.3 Å². The number of nitrogens with zero attached hydrogens (tertiary/aromatic N) is 3. The molecular formula is C19H24BrN3O2. The van der Waals surface area contributed by atoms with Gasteiger partial charge in [-0.3, -0.25) is 9.69 Å². The molecule has 1 atom stereocenters. The molecule has 1 amide bonds. The van der Waals surface area contributed by atoms with Crippen molar-refractivity contribution in [1.82, 2.24) is 14.4 Å². The zero-order valence-electron chi connectivity index (χ0n) is 14.9. The number of halogens is 1. The van der Waals surface area contributed by atoms with Gasteiger partial charge in [0, 0.05) is 30.3 Å². The van der Waals surface area contributed by atoms with Gasteiger partial charge in [-0.1, -0.05) is 28.1 Å².